The summed E-state index contributed by atoms with van der Waals surface area (Å²) in [5, 5.41) is 3.08. The van der Waals surface area contributed by atoms with Gasteiger partial charge < -0.3 is 5.32 Å². The second-order valence-electron chi connectivity index (χ2n) is 4.25. The van der Waals surface area contributed by atoms with Crippen molar-refractivity contribution in [1.29, 1.82) is 0 Å². The van der Waals surface area contributed by atoms with Gasteiger partial charge in [0.05, 0.1) is 0 Å². The smallest absolute Gasteiger partial charge is 0.251 e. The van der Waals surface area contributed by atoms with E-state index in [0.29, 0.717) is 16.1 Å². The van der Waals surface area contributed by atoms with Crippen molar-refractivity contribution in [3.63, 3.8) is 0 Å². The number of amides is 1. The summed E-state index contributed by atoms with van der Waals surface area (Å²) in [7, 11) is 0. The molecule has 0 radical (unpaired) electrons. The molecule has 1 amide bonds. The van der Waals surface area contributed by atoms with Crippen molar-refractivity contribution in [2.75, 3.05) is 0 Å². The molecule has 104 valence electrons. The number of rotatable bonds is 4. The lowest BCUT2D eigenvalue weighted by Gasteiger charge is -2.07. The first-order valence-electron chi connectivity index (χ1n) is 5.97. The number of benzene rings is 2. The van der Waals surface area contributed by atoms with E-state index in [0.717, 1.165) is 4.43 Å². The molecule has 0 bridgehead atoms. The van der Waals surface area contributed by atoms with E-state index in [1.54, 1.807) is 18.2 Å². The zero-order valence-electron chi connectivity index (χ0n) is 10.5. The average Bonchev–Trinajstić information content (AvgIpc) is 2.46. The Morgan fingerprint density at radius 3 is 2.50 bits per heavy atom. The summed E-state index contributed by atoms with van der Waals surface area (Å²) < 4.78 is 13.8. The van der Waals surface area contributed by atoms with E-state index < -0.39 is 0 Å². The van der Waals surface area contributed by atoms with Crippen molar-refractivity contribution in [2.45, 2.75) is 11.0 Å². The van der Waals surface area contributed by atoms with Gasteiger partial charge >= 0.3 is 0 Å². The molecule has 0 saturated carbocycles. The zero-order chi connectivity index (χ0) is 14.5. The molecule has 0 fully saturated rings. The van der Waals surface area contributed by atoms with Gasteiger partial charge in [-0.3, -0.25) is 4.79 Å². The summed E-state index contributed by atoms with van der Waals surface area (Å²) in [6.45, 7) is 0.270. The standard InChI is InChI=1S/C15H12ClFINO/c16-14-7-13(17)6-5-12(14)9-19-15(20)11-3-1-10(8-18)2-4-11/h1-7H,8-9H2,(H,19,20). The topological polar surface area (TPSA) is 29.1 Å². The van der Waals surface area contributed by atoms with Gasteiger partial charge in [0.2, 0.25) is 0 Å². The van der Waals surface area contributed by atoms with Crippen LogP contribution in [0, 0.1) is 5.82 Å². The Morgan fingerprint density at radius 1 is 1.20 bits per heavy atom. The maximum atomic E-state index is 12.9. The van der Waals surface area contributed by atoms with Crippen LogP contribution in [0.3, 0.4) is 0 Å². The van der Waals surface area contributed by atoms with Crippen molar-refractivity contribution in [3.05, 3.63) is 70.0 Å². The third kappa shape index (κ3) is 3.93. The molecule has 20 heavy (non-hydrogen) atoms. The number of nitrogens with one attached hydrogen (secondary N) is 1. The molecular formula is C15H12ClFINO. The maximum absolute atomic E-state index is 12.9. The van der Waals surface area contributed by atoms with Crippen LogP contribution in [0.5, 0.6) is 0 Å². The van der Waals surface area contributed by atoms with E-state index in [9.17, 15) is 9.18 Å². The highest BCUT2D eigenvalue weighted by molar-refractivity contribution is 14.1. The van der Waals surface area contributed by atoms with Crippen LogP contribution >= 0.6 is 34.2 Å². The molecule has 1 N–H and O–H groups in total. The summed E-state index contributed by atoms with van der Waals surface area (Å²) in [5.41, 5.74) is 2.45. The molecule has 0 heterocycles. The van der Waals surface area contributed by atoms with E-state index in [2.05, 4.69) is 27.9 Å². The molecule has 0 atom stereocenters. The van der Waals surface area contributed by atoms with E-state index in [-0.39, 0.29) is 18.3 Å². The predicted octanol–water partition coefficient (Wildman–Crippen LogP) is 4.34. The summed E-state index contributed by atoms with van der Waals surface area (Å²) in [6.07, 6.45) is 0. The molecular weight excluding hydrogens is 392 g/mol. The molecule has 0 aromatic heterocycles. The normalized spacial score (nSPS) is 10.3. The van der Waals surface area contributed by atoms with Crippen LogP contribution in [-0.4, -0.2) is 5.91 Å². The summed E-state index contributed by atoms with van der Waals surface area (Å²) in [6, 6.07) is 11.5. The lowest BCUT2D eigenvalue weighted by atomic mass is 10.1. The highest BCUT2D eigenvalue weighted by Gasteiger charge is 2.07. The number of carbonyl (C=O) groups excluding carboxylic acids is 1. The molecule has 2 aromatic rings. The molecule has 0 unspecified atom stereocenters. The quantitative estimate of drug-likeness (QED) is 0.597. The Morgan fingerprint density at radius 2 is 1.90 bits per heavy atom. The van der Waals surface area contributed by atoms with Crippen LogP contribution in [0.25, 0.3) is 0 Å². The van der Waals surface area contributed by atoms with Gasteiger partial charge in [0, 0.05) is 21.6 Å². The fraction of sp³-hybridized carbons (Fsp3) is 0.133. The van der Waals surface area contributed by atoms with E-state index in [1.165, 1.54) is 17.7 Å². The van der Waals surface area contributed by atoms with Gasteiger partial charge in [0.25, 0.3) is 5.91 Å². The van der Waals surface area contributed by atoms with Gasteiger partial charge in [-0.15, -0.1) is 0 Å². The molecule has 0 aliphatic carbocycles. The van der Waals surface area contributed by atoms with Crippen LogP contribution in [0.4, 0.5) is 4.39 Å². The van der Waals surface area contributed by atoms with Crippen LogP contribution in [0.1, 0.15) is 21.5 Å². The largest absolute Gasteiger partial charge is 0.348 e. The minimum Gasteiger partial charge on any atom is -0.348 e. The number of carbonyl (C=O) groups is 1. The van der Waals surface area contributed by atoms with Crippen molar-refractivity contribution >= 4 is 40.1 Å². The molecule has 2 aromatic carbocycles. The number of halogens is 3. The SMILES string of the molecule is O=C(NCc1ccc(F)cc1Cl)c1ccc(CI)cc1. The van der Waals surface area contributed by atoms with Gasteiger partial charge in [-0.25, -0.2) is 4.39 Å². The van der Waals surface area contributed by atoms with Gasteiger partial charge in [0.15, 0.2) is 0 Å². The highest BCUT2D eigenvalue weighted by atomic mass is 127. The van der Waals surface area contributed by atoms with Crippen molar-refractivity contribution in [3.8, 4) is 0 Å². The molecule has 0 aliphatic rings. The molecule has 2 rings (SSSR count). The van der Waals surface area contributed by atoms with Crippen molar-refractivity contribution < 1.29 is 9.18 Å². The molecule has 2 nitrogen and oxygen atoms in total. The fourth-order valence-corrected chi connectivity index (χ4v) is 2.43. The van der Waals surface area contributed by atoms with E-state index in [1.807, 2.05) is 12.1 Å². The molecule has 0 spiro atoms. The van der Waals surface area contributed by atoms with Crippen molar-refractivity contribution in [2.24, 2.45) is 0 Å². The van der Waals surface area contributed by atoms with Crippen LogP contribution in [0.15, 0.2) is 42.5 Å². The number of hydrogen-bond acceptors (Lipinski definition) is 1. The highest BCUT2D eigenvalue weighted by Crippen LogP contribution is 2.17. The maximum Gasteiger partial charge on any atom is 0.251 e. The van der Waals surface area contributed by atoms with Gasteiger partial charge in [-0.1, -0.05) is 52.4 Å². The minimum absolute atomic E-state index is 0.176. The monoisotopic (exact) mass is 403 g/mol. The summed E-state index contributed by atoms with van der Waals surface area (Å²) in [5.74, 6) is -0.565. The number of alkyl halides is 1. The Balaban J connectivity index is 2.00. The molecule has 0 aliphatic heterocycles. The fourth-order valence-electron chi connectivity index (χ4n) is 1.69. The minimum atomic E-state index is -0.389. The summed E-state index contributed by atoms with van der Waals surface area (Å²) in [4.78, 5) is 12.0. The Hall–Kier alpha value is -1.14. The van der Waals surface area contributed by atoms with Gasteiger partial charge in [-0.2, -0.15) is 0 Å². The molecule has 0 saturated heterocycles. The van der Waals surface area contributed by atoms with Crippen molar-refractivity contribution in [1.82, 2.24) is 5.32 Å². The van der Waals surface area contributed by atoms with Crippen LogP contribution in [0.2, 0.25) is 5.02 Å². The van der Waals surface area contributed by atoms with Gasteiger partial charge in [-0.05, 0) is 35.4 Å². The third-order valence-corrected chi connectivity index (χ3v) is 4.06. The van der Waals surface area contributed by atoms with Crippen LogP contribution in [-0.2, 0) is 11.0 Å². The van der Waals surface area contributed by atoms with E-state index in [4.69, 9.17) is 11.6 Å². The lowest BCUT2D eigenvalue weighted by Crippen LogP contribution is -2.22. The lowest BCUT2D eigenvalue weighted by molar-refractivity contribution is 0.0951. The summed E-state index contributed by atoms with van der Waals surface area (Å²) >= 11 is 8.17. The second kappa shape index (κ2) is 7.04. The third-order valence-electron chi connectivity index (χ3n) is 2.82. The number of hydrogen-bond donors (Lipinski definition) is 1. The van der Waals surface area contributed by atoms with Crippen LogP contribution < -0.4 is 5.32 Å². The Bertz CT molecular complexity index is 616. The Kier molecular flexibility index (Phi) is 5.37. The Labute approximate surface area is 135 Å². The predicted molar refractivity (Wildman–Crippen MR) is 86.7 cm³/mol. The zero-order valence-corrected chi connectivity index (χ0v) is 13.4. The van der Waals surface area contributed by atoms with Gasteiger partial charge in [0.1, 0.15) is 5.82 Å². The second-order valence-corrected chi connectivity index (χ2v) is 5.42. The first-order chi connectivity index (χ1) is 9.60. The average molecular weight is 404 g/mol. The first-order valence-corrected chi connectivity index (χ1v) is 7.87. The first kappa shape index (κ1) is 15.3. The van der Waals surface area contributed by atoms with E-state index >= 15 is 0 Å². The molecule has 5 heteroatoms.